The number of nitrogens with zero attached hydrogens (tertiary/aromatic N) is 1. The van der Waals surface area contributed by atoms with E-state index in [2.05, 4.69) is 11.1 Å². The molecule has 6 heteroatoms. The molecule has 1 aliphatic rings. The molecule has 29 heavy (non-hydrogen) atoms. The number of H-pyrrole nitrogens is 1. The van der Waals surface area contributed by atoms with Crippen LogP contribution in [0.4, 0.5) is 0 Å². The number of carbonyl (C=O) groups is 1. The maximum Gasteiger partial charge on any atom is 0.251 e. The van der Waals surface area contributed by atoms with Crippen molar-refractivity contribution in [1.29, 1.82) is 0 Å². The molecular weight excluding hydrogens is 368 g/mol. The van der Waals surface area contributed by atoms with Gasteiger partial charge in [0.15, 0.2) is 11.5 Å². The maximum absolute atomic E-state index is 12.9. The summed E-state index contributed by atoms with van der Waals surface area (Å²) in [6.07, 6.45) is 1.11. The number of benzene rings is 2. The lowest BCUT2D eigenvalue weighted by Crippen LogP contribution is -2.37. The van der Waals surface area contributed by atoms with Crippen LogP contribution in [0.1, 0.15) is 22.3 Å². The molecule has 1 amide bonds. The second kappa shape index (κ2) is 7.62. The number of fused-ring (bicyclic) bond motifs is 2. The Labute approximate surface area is 169 Å². The SMILES string of the molecule is COc1ccc(CC(=O)N2CCc3cc4cc(C)c(=O)[nH]c4cc3C2)cc1OC. The van der Waals surface area contributed by atoms with Crippen molar-refractivity contribution in [3.05, 3.63) is 69.0 Å². The van der Waals surface area contributed by atoms with Crippen LogP contribution in [0.2, 0.25) is 0 Å². The molecule has 0 atom stereocenters. The van der Waals surface area contributed by atoms with Crippen LogP contribution >= 0.6 is 0 Å². The molecule has 0 unspecified atom stereocenters. The smallest absolute Gasteiger partial charge is 0.251 e. The average molecular weight is 392 g/mol. The molecule has 0 saturated carbocycles. The summed E-state index contributed by atoms with van der Waals surface area (Å²) >= 11 is 0. The zero-order chi connectivity index (χ0) is 20.5. The van der Waals surface area contributed by atoms with E-state index in [1.54, 1.807) is 14.2 Å². The second-order valence-electron chi connectivity index (χ2n) is 7.42. The summed E-state index contributed by atoms with van der Waals surface area (Å²) in [6.45, 7) is 3.05. The summed E-state index contributed by atoms with van der Waals surface area (Å²) in [5, 5.41) is 1.03. The zero-order valence-electron chi connectivity index (χ0n) is 16.9. The van der Waals surface area contributed by atoms with Crippen LogP contribution in [0, 0.1) is 6.92 Å². The van der Waals surface area contributed by atoms with E-state index in [9.17, 15) is 9.59 Å². The first kappa shape index (κ1) is 19.1. The number of ether oxygens (including phenoxy) is 2. The predicted octanol–water partition coefficient (Wildman–Crippen LogP) is 2.98. The van der Waals surface area contributed by atoms with Gasteiger partial charge in [-0.25, -0.2) is 0 Å². The highest BCUT2D eigenvalue weighted by atomic mass is 16.5. The number of aryl methyl sites for hydroxylation is 1. The van der Waals surface area contributed by atoms with E-state index >= 15 is 0 Å². The topological polar surface area (TPSA) is 71.6 Å². The van der Waals surface area contributed by atoms with Gasteiger partial charge in [-0.15, -0.1) is 0 Å². The van der Waals surface area contributed by atoms with Gasteiger partial charge in [0.2, 0.25) is 5.91 Å². The highest BCUT2D eigenvalue weighted by Crippen LogP contribution is 2.29. The van der Waals surface area contributed by atoms with Crippen molar-refractivity contribution in [3.63, 3.8) is 0 Å². The number of hydrogen-bond donors (Lipinski definition) is 1. The number of hydrogen-bond acceptors (Lipinski definition) is 4. The lowest BCUT2D eigenvalue weighted by Gasteiger charge is -2.29. The van der Waals surface area contributed by atoms with E-state index in [1.807, 2.05) is 42.2 Å². The van der Waals surface area contributed by atoms with Crippen molar-refractivity contribution in [2.75, 3.05) is 20.8 Å². The predicted molar refractivity (Wildman–Crippen MR) is 112 cm³/mol. The number of pyridine rings is 1. The normalized spacial score (nSPS) is 13.3. The van der Waals surface area contributed by atoms with E-state index < -0.39 is 0 Å². The zero-order valence-corrected chi connectivity index (χ0v) is 16.9. The standard InChI is InChI=1S/C23H24N2O4/c1-14-8-17-11-16-6-7-25(13-18(16)12-19(17)24-23(14)27)22(26)10-15-4-5-20(28-2)21(9-15)29-3/h4-5,8-9,11-12H,6-7,10,13H2,1-3H3,(H,24,27). The summed E-state index contributed by atoms with van der Waals surface area (Å²) in [4.78, 5) is 29.6. The van der Waals surface area contributed by atoms with Crippen molar-refractivity contribution in [2.24, 2.45) is 0 Å². The molecule has 150 valence electrons. The van der Waals surface area contributed by atoms with Crippen molar-refractivity contribution >= 4 is 16.8 Å². The molecule has 0 saturated heterocycles. The van der Waals surface area contributed by atoms with E-state index in [4.69, 9.17) is 9.47 Å². The summed E-state index contributed by atoms with van der Waals surface area (Å²) in [7, 11) is 3.17. The Balaban J connectivity index is 1.54. The minimum atomic E-state index is -0.0744. The molecule has 0 radical (unpaired) electrons. The first-order chi connectivity index (χ1) is 14.0. The molecule has 1 N–H and O–H groups in total. The quantitative estimate of drug-likeness (QED) is 0.741. The Morgan fingerprint density at radius 2 is 1.86 bits per heavy atom. The van der Waals surface area contributed by atoms with Gasteiger partial charge in [0.1, 0.15) is 0 Å². The van der Waals surface area contributed by atoms with E-state index in [-0.39, 0.29) is 11.5 Å². The largest absolute Gasteiger partial charge is 0.493 e. The van der Waals surface area contributed by atoms with Crippen LogP contribution in [-0.2, 0) is 24.2 Å². The fraction of sp³-hybridized carbons (Fsp3) is 0.304. The van der Waals surface area contributed by atoms with Crippen molar-refractivity contribution < 1.29 is 14.3 Å². The Morgan fingerprint density at radius 1 is 1.07 bits per heavy atom. The molecule has 1 aliphatic heterocycles. The van der Waals surface area contributed by atoms with E-state index in [0.717, 1.165) is 28.5 Å². The first-order valence-electron chi connectivity index (χ1n) is 9.62. The Kier molecular flexibility index (Phi) is 5.01. The number of methoxy groups -OCH3 is 2. The third kappa shape index (κ3) is 3.70. The fourth-order valence-corrected chi connectivity index (χ4v) is 3.87. The molecule has 1 aromatic heterocycles. The Morgan fingerprint density at radius 3 is 2.62 bits per heavy atom. The summed E-state index contributed by atoms with van der Waals surface area (Å²) in [5.41, 5.74) is 4.66. The van der Waals surface area contributed by atoms with Gasteiger partial charge in [0, 0.05) is 24.2 Å². The monoisotopic (exact) mass is 392 g/mol. The van der Waals surface area contributed by atoms with Crippen LogP contribution < -0.4 is 15.0 Å². The van der Waals surface area contributed by atoms with Gasteiger partial charge in [0.25, 0.3) is 5.56 Å². The van der Waals surface area contributed by atoms with Crippen molar-refractivity contribution in [1.82, 2.24) is 9.88 Å². The van der Waals surface area contributed by atoms with E-state index in [0.29, 0.717) is 36.6 Å². The van der Waals surface area contributed by atoms with Crippen LogP contribution in [0.3, 0.4) is 0 Å². The lowest BCUT2D eigenvalue weighted by molar-refractivity contribution is -0.131. The van der Waals surface area contributed by atoms with Crippen LogP contribution in [0.5, 0.6) is 11.5 Å². The van der Waals surface area contributed by atoms with Gasteiger partial charge in [-0.3, -0.25) is 9.59 Å². The van der Waals surface area contributed by atoms with E-state index in [1.165, 1.54) is 5.56 Å². The summed E-state index contributed by atoms with van der Waals surface area (Å²) < 4.78 is 10.6. The Bertz CT molecular complexity index is 1150. The third-order valence-corrected chi connectivity index (χ3v) is 5.52. The minimum absolute atomic E-state index is 0.0698. The van der Waals surface area contributed by atoms with Crippen LogP contribution in [0.15, 0.2) is 41.2 Å². The molecule has 0 spiro atoms. The van der Waals surface area contributed by atoms with Gasteiger partial charge in [-0.05, 0) is 65.8 Å². The number of carbonyl (C=O) groups excluding carboxylic acids is 1. The minimum Gasteiger partial charge on any atom is -0.493 e. The molecule has 6 nitrogen and oxygen atoms in total. The van der Waals surface area contributed by atoms with Gasteiger partial charge < -0.3 is 19.4 Å². The maximum atomic E-state index is 12.9. The number of amides is 1. The molecule has 0 bridgehead atoms. The molecule has 0 fully saturated rings. The second-order valence-corrected chi connectivity index (χ2v) is 7.42. The number of nitrogens with one attached hydrogen (secondary N) is 1. The van der Waals surface area contributed by atoms with Gasteiger partial charge in [-0.2, -0.15) is 0 Å². The molecule has 2 aromatic carbocycles. The van der Waals surface area contributed by atoms with Gasteiger partial charge >= 0.3 is 0 Å². The Hall–Kier alpha value is -3.28. The van der Waals surface area contributed by atoms with Crippen LogP contribution in [0.25, 0.3) is 10.9 Å². The molecule has 3 aromatic rings. The highest BCUT2D eigenvalue weighted by Gasteiger charge is 2.22. The van der Waals surface area contributed by atoms with Gasteiger partial charge in [0.05, 0.1) is 20.6 Å². The lowest BCUT2D eigenvalue weighted by atomic mass is 9.96. The number of aromatic amines is 1. The van der Waals surface area contributed by atoms with Gasteiger partial charge in [-0.1, -0.05) is 6.07 Å². The fourth-order valence-electron chi connectivity index (χ4n) is 3.87. The molecule has 0 aliphatic carbocycles. The molecular formula is C23H24N2O4. The summed E-state index contributed by atoms with van der Waals surface area (Å²) in [5.74, 6) is 1.33. The van der Waals surface area contributed by atoms with Crippen LogP contribution in [-0.4, -0.2) is 36.6 Å². The third-order valence-electron chi connectivity index (χ3n) is 5.52. The first-order valence-corrected chi connectivity index (χ1v) is 9.62. The number of aromatic nitrogens is 1. The average Bonchev–Trinajstić information content (AvgIpc) is 2.72. The molecule has 4 rings (SSSR count). The van der Waals surface area contributed by atoms with Crippen molar-refractivity contribution in [3.8, 4) is 11.5 Å². The summed E-state index contributed by atoms with van der Waals surface area (Å²) in [6, 6.07) is 11.6. The van der Waals surface area contributed by atoms with Crippen molar-refractivity contribution in [2.45, 2.75) is 26.3 Å². The highest BCUT2D eigenvalue weighted by molar-refractivity contribution is 5.82. The molecule has 2 heterocycles. The number of rotatable bonds is 4.